The summed E-state index contributed by atoms with van der Waals surface area (Å²) in [5.74, 6) is 2.46. The van der Waals surface area contributed by atoms with Crippen molar-refractivity contribution in [3.63, 3.8) is 0 Å². The summed E-state index contributed by atoms with van der Waals surface area (Å²) < 4.78 is 11.4. The quantitative estimate of drug-likeness (QED) is 0.504. The van der Waals surface area contributed by atoms with E-state index < -0.39 is 10.8 Å². The molecule has 2 rings (SSSR count). The molecule has 1 heterocycles. The number of hydrogen-bond acceptors (Lipinski definition) is 4. The van der Waals surface area contributed by atoms with Crippen molar-refractivity contribution < 1.29 is 4.21 Å². The van der Waals surface area contributed by atoms with Crippen LogP contribution in [0.4, 0.5) is 5.69 Å². The molecule has 0 radical (unpaired) electrons. The molecule has 1 aromatic carbocycles. The van der Waals surface area contributed by atoms with Crippen molar-refractivity contribution >= 4 is 34.1 Å². The van der Waals surface area contributed by atoms with Crippen molar-refractivity contribution in [1.82, 2.24) is 0 Å². The van der Waals surface area contributed by atoms with Crippen LogP contribution in [0.25, 0.3) is 0 Å². The van der Waals surface area contributed by atoms with Crippen LogP contribution in [-0.4, -0.2) is 40.4 Å². The van der Waals surface area contributed by atoms with Crippen LogP contribution in [-0.2, 0) is 10.8 Å². The first-order chi connectivity index (χ1) is 9.13. The molecule has 1 fully saturated rings. The van der Waals surface area contributed by atoms with Gasteiger partial charge in [0.15, 0.2) is 0 Å². The number of nitrogen functional groups attached to an aromatic ring is 1. The first-order valence-electron chi connectivity index (χ1n) is 6.33. The molecular formula is C13H19N3OS2. The smallest absolute Gasteiger partial charge is 0.126 e. The van der Waals surface area contributed by atoms with Gasteiger partial charge in [0.05, 0.1) is 5.56 Å². The molecule has 0 saturated carbocycles. The van der Waals surface area contributed by atoms with Crippen LogP contribution in [0, 0.1) is 5.41 Å². The van der Waals surface area contributed by atoms with Crippen molar-refractivity contribution in [2.45, 2.75) is 11.8 Å². The predicted molar refractivity (Wildman–Crippen MR) is 83.9 cm³/mol. The van der Waals surface area contributed by atoms with Gasteiger partial charge in [-0.05, 0) is 17.9 Å². The second-order valence-corrected chi connectivity index (χ2v) is 7.33. The molecule has 1 aliphatic rings. The number of nitrogens with zero attached hydrogens (tertiary/aromatic N) is 1. The number of hydrogen-bond donors (Lipinski definition) is 2. The second-order valence-electron chi connectivity index (χ2n) is 4.33. The van der Waals surface area contributed by atoms with E-state index in [0.717, 1.165) is 35.0 Å². The Morgan fingerprint density at radius 1 is 1.47 bits per heavy atom. The Morgan fingerprint density at radius 3 is 2.74 bits per heavy atom. The number of nitrogens with two attached hydrogens (primary N) is 1. The van der Waals surface area contributed by atoms with Gasteiger partial charge in [-0.3, -0.25) is 9.62 Å². The molecule has 0 aromatic heterocycles. The summed E-state index contributed by atoms with van der Waals surface area (Å²) in [6, 6.07) is 6.02. The first-order valence-corrected chi connectivity index (χ1v) is 8.81. The van der Waals surface area contributed by atoms with Crippen LogP contribution < -0.4 is 10.6 Å². The minimum Gasteiger partial charge on any atom is -0.384 e. The zero-order chi connectivity index (χ0) is 13.8. The molecular weight excluding hydrogens is 278 g/mol. The van der Waals surface area contributed by atoms with E-state index in [1.165, 1.54) is 0 Å². The molecule has 0 spiro atoms. The van der Waals surface area contributed by atoms with Gasteiger partial charge >= 0.3 is 0 Å². The molecule has 0 atom stereocenters. The van der Waals surface area contributed by atoms with Gasteiger partial charge in [0, 0.05) is 46.0 Å². The Balaban J connectivity index is 2.36. The van der Waals surface area contributed by atoms with Crippen LogP contribution in [0.15, 0.2) is 23.1 Å². The third kappa shape index (κ3) is 3.30. The Morgan fingerprint density at radius 2 is 2.16 bits per heavy atom. The summed E-state index contributed by atoms with van der Waals surface area (Å²) in [6.07, 6.45) is 0. The van der Waals surface area contributed by atoms with Crippen molar-refractivity contribution in [1.29, 1.82) is 5.41 Å². The molecule has 104 valence electrons. The van der Waals surface area contributed by atoms with Crippen LogP contribution in [0.3, 0.4) is 0 Å². The molecule has 0 bridgehead atoms. The highest BCUT2D eigenvalue weighted by molar-refractivity contribution is 7.99. The highest BCUT2D eigenvalue weighted by atomic mass is 32.2. The largest absolute Gasteiger partial charge is 0.384 e. The van der Waals surface area contributed by atoms with Gasteiger partial charge in [0.1, 0.15) is 5.84 Å². The normalized spacial score (nSPS) is 16.6. The summed E-state index contributed by atoms with van der Waals surface area (Å²) in [4.78, 5) is 3.25. The maximum Gasteiger partial charge on any atom is 0.126 e. The average Bonchev–Trinajstić information content (AvgIpc) is 2.39. The summed E-state index contributed by atoms with van der Waals surface area (Å²) in [6.45, 7) is 3.63. The zero-order valence-electron chi connectivity index (χ0n) is 11.0. The Kier molecular flexibility index (Phi) is 4.87. The number of nitrogens with one attached hydrogen (secondary N) is 1. The average molecular weight is 297 g/mol. The molecule has 1 saturated heterocycles. The van der Waals surface area contributed by atoms with E-state index in [0.29, 0.717) is 11.5 Å². The lowest BCUT2D eigenvalue weighted by atomic mass is 10.1. The van der Waals surface area contributed by atoms with Crippen molar-refractivity contribution in [2.24, 2.45) is 5.73 Å². The van der Waals surface area contributed by atoms with Crippen LogP contribution >= 0.6 is 11.8 Å². The van der Waals surface area contributed by atoms with Crippen molar-refractivity contribution in [3.05, 3.63) is 23.8 Å². The van der Waals surface area contributed by atoms with Gasteiger partial charge in [0.25, 0.3) is 0 Å². The standard InChI is InChI=1S/C13H19N3OS2/c1-2-18-11-5-3-4-10(12(11)13(14)15)16-6-8-19(17)9-7-16/h3-5H,2,6-9H2,1H3,(H3,14,15). The zero-order valence-corrected chi connectivity index (χ0v) is 12.6. The van der Waals surface area contributed by atoms with E-state index in [4.69, 9.17) is 11.1 Å². The highest BCUT2D eigenvalue weighted by Gasteiger charge is 2.20. The molecule has 0 aliphatic carbocycles. The van der Waals surface area contributed by atoms with Gasteiger partial charge in [-0.2, -0.15) is 0 Å². The number of anilines is 1. The molecule has 0 amide bonds. The maximum absolute atomic E-state index is 11.4. The molecule has 0 unspecified atom stereocenters. The first kappa shape index (κ1) is 14.4. The third-order valence-electron chi connectivity index (χ3n) is 3.09. The highest BCUT2D eigenvalue weighted by Crippen LogP contribution is 2.31. The Hall–Kier alpha value is -1.01. The minimum atomic E-state index is -0.693. The van der Waals surface area contributed by atoms with E-state index in [-0.39, 0.29) is 5.84 Å². The molecule has 6 heteroatoms. The van der Waals surface area contributed by atoms with Gasteiger partial charge in [-0.1, -0.05) is 13.0 Å². The fourth-order valence-electron chi connectivity index (χ4n) is 2.21. The number of benzene rings is 1. The van der Waals surface area contributed by atoms with E-state index in [1.54, 1.807) is 11.8 Å². The number of amidine groups is 1. The second kappa shape index (κ2) is 6.43. The summed E-state index contributed by atoms with van der Waals surface area (Å²) in [7, 11) is -0.693. The van der Waals surface area contributed by atoms with Gasteiger partial charge in [-0.15, -0.1) is 11.8 Å². The van der Waals surface area contributed by atoms with Crippen LogP contribution in [0.2, 0.25) is 0 Å². The molecule has 3 N–H and O–H groups in total. The fourth-order valence-corrected chi connectivity index (χ4v) is 4.11. The van der Waals surface area contributed by atoms with E-state index in [9.17, 15) is 4.21 Å². The number of rotatable bonds is 4. The summed E-state index contributed by atoms with van der Waals surface area (Å²) in [5.41, 5.74) is 7.59. The summed E-state index contributed by atoms with van der Waals surface area (Å²) >= 11 is 1.70. The fraction of sp³-hybridized carbons (Fsp3) is 0.462. The van der Waals surface area contributed by atoms with Crippen molar-refractivity contribution in [2.75, 3.05) is 35.2 Å². The Labute approximate surface area is 120 Å². The Bertz CT molecular complexity index is 495. The predicted octanol–water partition coefficient (Wildman–Crippen LogP) is 1.65. The molecule has 19 heavy (non-hydrogen) atoms. The molecule has 1 aliphatic heterocycles. The molecule has 4 nitrogen and oxygen atoms in total. The number of thioether (sulfide) groups is 1. The van der Waals surface area contributed by atoms with E-state index in [2.05, 4.69) is 11.8 Å². The SMILES string of the molecule is CCSc1cccc(N2CCS(=O)CC2)c1C(=N)N. The lowest BCUT2D eigenvalue weighted by Crippen LogP contribution is -2.39. The maximum atomic E-state index is 11.4. The third-order valence-corrected chi connectivity index (χ3v) is 5.31. The van der Waals surface area contributed by atoms with Crippen molar-refractivity contribution in [3.8, 4) is 0 Å². The molecule has 1 aromatic rings. The van der Waals surface area contributed by atoms with Gasteiger partial charge in [-0.25, -0.2) is 0 Å². The topological polar surface area (TPSA) is 70.2 Å². The minimum absolute atomic E-state index is 0.109. The van der Waals surface area contributed by atoms with Crippen LogP contribution in [0.1, 0.15) is 12.5 Å². The van der Waals surface area contributed by atoms with Gasteiger partial charge in [0.2, 0.25) is 0 Å². The lowest BCUT2D eigenvalue weighted by molar-refractivity contribution is 0.673. The van der Waals surface area contributed by atoms with Gasteiger partial charge < -0.3 is 10.6 Å². The van der Waals surface area contributed by atoms with E-state index >= 15 is 0 Å². The van der Waals surface area contributed by atoms with Crippen LogP contribution in [0.5, 0.6) is 0 Å². The van der Waals surface area contributed by atoms with E-state index in [1.807, 2.05) is 18.2 Å². The monoisotopic (exact) mass is 297 g/mol. The lowest BCUT2D eigenvalue weighted by Gasteiger charge is -2.30. The summed E-state index contributed by atoms with van der Waals surface area (Å²) in [5, 5.41) is 7.83.